The fourth-order valence-electron chi connectivity index (χ4n) is 2.89. The number of benzene rings is 1. The smallest absolute Gasteiger partial charge is 0.309 e. The maximum Gasteiger partial charge on any atom is 0.309 e. The molecule has 0 unspecified atom stereocenters. The van der Waals surface area contributed by atoms with Gasteiger partial charge < -0.3 is 15.0 Å². The molecule has 0 saturated carbocycles. The number of ether oxygens (including phenoxy) is 1. The monoisotopic (exact) mass is 323 g/mol. The maximum atomic E-state index is 12.8. The molecule has 1 aliphatic heterocycles. The molecule has 126 valence electrons. The Balaban J connectivity index is 1.64. The van der Waals surface area contributed by atoms with Crippen molar-refractivity contribution in [1.29, 1.82) is 0 Å². The minimum Gasteiger partial charge on any atom is -0.469 e. The quantitative estimate of drug-likeness (QED) is 0.722. The third-order valence-corrected chi connectivity index (χ3v) is 4.29. The summed E-state index contributed by atoms with van der Waals surface area (Å²) >= 11 is 0. The lowest BCUT2D eigenvalue weighted by Gasteiger charge is -2.27. The van der Waals surface area contributed by atoms with Crippen LogP contribution in [0.2, 0.25) is 0 Å². The Bertz CT molecular complexity index is 525. The van der Waals surface area contributed by atoms with E-state index >= 15 is 0 Å². The summed E-state index contributed by atoms with van der Waals surface area (Å²) in [5, 5.41) is 2.89. The zero-order valence-electron chi connectivity index (χ0n) is 13.4. The number of methoxy groups -OCH3 is 1. The van der Waals surface area contributed by atoms with Crippen LogP contribution in [0.4, 0.5) is 4.39 Å². The van der Waals surface area contributed by atoms with Gasteiger partial charge in [-0.15, -0.1) is 0 Å². The number of likely N-dealkylation sites (tertiary alicyclic amines) is 1. The molecule has 0 atom stereocenters. The molecule has 23 heavy (non-hydrogen) atoms. The number of piperidine rings is 1. The predicted octanol–water partition coefficient (Wildman–Crippen LogP) is -0.0477. The lowest BCUT2D eigenvalue weighted by Crippen LogP contribution is -3.14. The van der Waals surface area contributed by atoms with E-state index in [0.717, 1.165) is 31.5 Å². The van der Waals surface area contributed by atoms with E-state index < -0.39 is 0 Å². The number of amides is 1. The van der Waals surface area contributed by atoms with Gasteiger partial charge in [-0.1, -0.05) is 12.1 Å². The Morgan fingerprint density at radius 1 is 1.26 bits per heavy atom. The molecule has 1 aliphatic rings. The molecule has 1 saturated heterocycles. The van der Waals surface area contributed by atoms with E-state index in [1.54, 1.807) is 12.1 Å². The number of quaternary nitrogens is 1. The summed E-state index contributed by atoms with van der Waals surface area (Å²) in [6, 6.07) is 6.30. The highest BCUT2D eigenvalue weighted by Crippen LogP contribution is 2.10. The molecule has 6 heteroatoms. The number of esters is 1. The lowest BCUT2D eigenvalue weighted by atomic mass is 9.97. The van der Waals surface area contributed by atoms with Crippen LogP contribution >= 0.6 is 0 Å². The number of halogens is 1. The largest absolute Gasteiger partial charge is 0.469 e. The molecular weight excluding hydrogens is 299 g/mol. The molecule has 2 N–H and O–H groups in total. The molecular formula is C17H24FN2O3+. The molecule has 0 radical (unpaired) electrons. The van der Waals surface area contributed by atoms with Crippen LogP contribution in [0.15, 0.2) is 24.3 Å². The molecule has 0 aliphatic carbocycles. The van der Waals surface area contributed by atoms with Gasteiger partial charge >= 0.3 is 5.97 Å². The fraction of sp³-hybridized carbons (Fsp3) is 0.529. The summed E-state index contributed by atoms with van der Waals surface area (Å²) < 4.78 is 17.6. The van der Waals surface area contributed by atoms with Crippen molar-refractivity contribution in [2.24, 2.45) is 5.92 Å². The topological polar surface area (TPSA) is 59.8 Å². The Labute approximate surface area is 135 Å². The summed E-state index contributed by atoms with van der Waals surface area (Å²) in [5.41, 5.74) is 0.998. The van der Waals surface area contributed by atoms with Crippen molar-refractivity contribution >= 4 is 11.9 Å². The third kappa shape index (κ3) is 5.63. The second kappa shape index (κ2) is 8.62. The van der Waals surface area contributed by atoms with E-state index in [4.69, 9.17) is 4.74 Å². The van der Waals surface area contributed by atoms with E-state index in [9.17, 15) is 14.0 Å². The van der Waals surface area contributed by atoms with E-state index in [1.807, 2.05) is 0 Å². The molecule has 1 fully saturated rings. The van der Waals surface area contributed by atoms with Gasteiger partial charge in [0.05, 0.1) is 26.1 Å². The zero-order valence-corrected chi connectivity index (χ0v) is 13.4. The zero-order chi connectivity index (χ0) is 16.7. The number of hydrogen-bond acceptors (Lipinski definition) is 3. The third-order valence-electron chi connectivity index (χ3n) is 4.29. The average Bonchev–Trinajstić information content (AvgIpc) is 2.56. The molecule has 1 amide bonds. The molecule has 1 heterocycles. The van der Waals surface area contributed by atoms with Crippen molar-refractivity contribution in [3.05, 3.63) is 35.6 Å². The van der Waals surface area contributed by atoms with Gasteiger partial charge in [-0.25, -0.2) is 4.39 Å². The van der Waals surface area contributed by atoms with Crippen LogP contribution in [-0.2, 0) is 20.7 Å². The molecule has 0 spiro atoms. The first-order valence-corrected chi connectivity index (χ1v) is 8.01. The Morgan fingerprint density at radius 3 is 2.52 bits per heavy atom. The van der Waals surface area contributed by atoms with Crippen LogP contribution in [0.3, 0.4) is 0 Å². The average molecular weight is 323 g/mol. The first kappa shape index (κ1) is 17.4. The van der Waals surface area contributed by atoms with Crippen molar-refractivity contribution < 1.29 is 23.6 Å². The fourth-order valence-corrected chi connectivity index (χ4v) is 2.89. The molecule has 0 aromatic heterocycles. The van der Waals surface area contributed by atoms with Crippen molar-refractivity contribution in [1.82, 2.24) is 5.32 Å². The van der Waals surface area contributed by atoms with Crippen LogP contribution in [0.25, 0.3) is 0 Å². The van der Waals surface area contributed by atoms with Gasteiger partial charge in [-0.05, 0) is 24.1 Å². The van der Waals surface area contributed by atoms with Crippen LogP contribution < -0.4 is 10.2 Å². The second-order valence-electron chi connectivity index (χ2n) is 5.95. The highest BCUT2D eigenvalue weighted by atomic mass is 19.1. The van der Waals surface area contributed by atoms with Gasteiger partial charge in [0.15, 0.2) is 6.54 Å². The molecule has 5 nitrogen and oxygen atoms in total. The van der Waals surface area contributed by atoms with E-state index in [1.165, 1.54) is 24.1 Å². The van der Waals surface area contributed by atoms with Gasteiger partial charge in [-0.3, -0.25) is 9.59 Å². The van der Waals surface area contributed by atoms with Gasteiger partial charge in [0, 0.05) is 19.4 Å². The van der Waals surface area contributed by atoms with Gasteiger partial charge in [0.2, 0.25) is 0 Å². The number of nitrogens with one attached hydrogen (secondary N) is 2. The number of rotatable bonds is 6. The van der Waals surface area contributed by atoms with Gasteiger partial charge in [0.1, 0.15) is 5.82 Å². The summed E-state index contributed by atoms with van der Waals surface area (Å²) in [6.45, 7) is 2.59. The second-order valence-corrected chi connectivity index (χ2v) is 5.95. The predicted molar refractivity (Wildman–Crippen MR) is 83.4 cm³/mol. The molecule has 1 aromatic rings. The van der Waals surface area contributed by atoms with Crippen LogP contribution in [0.1, 0.15) is 18.4 Å². The van der Waals surface area contributed by atoms with E-state index in [-0.39, 0.29) is 23.6 Å². The van der Waals surface area contributed by atoms with Crippen molar-refractivity contribution in [3.8, 4) is 0 Å². The lowest BCUT2D eigenvalue weighted by molar-refractivity contribution is -0.897. The summed E-state index contributed by atoms with van der Waals surface area (Å²) in [4.78, 5) is 24.6. The molecule has 2 rings (SSSR count). The van der Waals surface area contributed by atoms with Crippen molar-refractivity contribution in [2.45, 2.75) is 19.3 Å². The Morgan fingerprint density at radius 2 is 1.91 bits per heavy atom. The Hall–Kier alpha value is -1.95. The summed E-state index contributed by atoms with van der Waals surface area (Å²) in [5.74, 6) is -0.409. The number of carbonyl (C=O) groups excluding carboxylic acids is 2. The first-order chi connectivity index (χ1) is 11.1. The highest BCUT2D eigenvalue weighted by molar-refractivity contribution is 5.76. The van der Waals surface area contributed by atoms with Crippen LogP contribution in [0, 0.1) is 11.7 Å². The van der Waals surface area contributed by atoms with Gasteiger partial charge in [-0.2, -0.15) is 0 Å². The van der Waals surface area contributed by atoms with Gasteiger partial charge in [0.25, 0.3) is 5.91 Å². The number of hydrogen-bond donors (Lipinski definition) is 2. The SMILES string of the molecule is COC(=O)C1CC[NH+](CC(=O)NCCc2ccc(F)cc2)CC1. The maximum absolute atomic E-state index is 12.8. The van der Waals surface area contributed by atoms with Crippen LogP contribution in [0.5, 0.6) is 0 Å². The van der Waals surface area contributed by atoms with E-state index in [2.05, 4.69) is 5.32 Å². The summed E-state index contributed by atoms with van der Waals surface area (Å²) in [6.07, 6.45) is 2.22. The first-order valence-electron chi connectivity index (χ1n) is 8.01. The van der Waals surface area contributed by atoms with Crippen molar-refractivity contribution in [2.75, 3.05) is 33.3 Å². The normalized spacial score (nSPS) is 20.8. The standard InChI is InChI=1S/C17H23FN2O3/c1-23-17(22)14-7-10-20(11-8-14)12-16(21)19-9-6-13-2-4-15(18)5-3-13/h2-5,14H,6-12H2,1H3,(H,19,21)/p+1. The molecule has 1 aromatic carbocycles. The molecule has 0 bridgehead atoms. The summed E-state index contributed by atoms with van der Waals surface area (Å²) in [7, 11) is 1.41. The highest BCUT2D eigenvalue weighted by Gasteiger charge is 2.28. The number of carbonyl (C=O) groups is 2. The minimum absolute atomic E-state index is 0.0126. The van der Waals surface area contributed by atoms with E-state index in [0.29, 0.717) is 19.5 Å². The van der Waals surface area contributed by atoms with Crippen LogP contribution in [-0.4, -0.2) is 45.2 Å². The minimum atomic E-state index is -0.253. The Kier molecular flexibility index (Phi) is 6.52. The van der Waals surface area contributed by atoms with Crippen molar-refractivity contribution in [3.63, 3.8) is 0 Å².